The van der Waals surface area contributed by atoms with Crippen LogP contribution in [0.15, 0.2) is 71.6 Å². The van der Waals surface area contributed by atoms with Gasteiger partial charge in [-0.1, -0.05) is 77.1 Å². The van der Waals surface area contributed by atoms with E-state index in [0.717, 1.165) is 22.2 Å². The van der Waals surface area contributed by atoms with Crippen molar-refractivity contribution in [3.63, 3.8) is 0 Å². The van der Waals surface area contributed by atoms with E-state index in [1.165, 1.54) is 0 Å². The van der Waals surface area contributed by atoms with Gasteiger partial charge in [0.15, 0.2) is 15.6 Å². The zero-order chi connectivity index (χ0) is 27.5. The van der Waals surface area contributed by atoms with E-state index in [0.29, 0.717) is 29.0 Å². The molecule has 2 heterocycles. The Labute approximate surface area is 224 Å². The highest BCUT2D eigenvalue weighted by molar-refractivity contribution is 7.91. The molecular weight excluding hydrogens is 494 g/mol. The van der Waals surface area contributed by atoms with Gasteiger partial charge in [-0.2, -0.15) is 0 Å². The van der Waals surface area contributed by atoms with Crippen molar-refractivity contribution in [1.29, 1.82) is 5.41 Å². The van der Waals surface area contributed by atoms with E-state index < -0.39 is 15.3 Å². The smallest absolute Gasteiger partial charge is 0.203 e. The molecule has 4 aromatic rings. The third-order valence-electron chi connectivity index (χ3n) is 7.71. The summed E-state index contributed by atoms with van der Waals surface area (Å²) in [6.45, 7) is 10.6. The van der Waals surface area contributed by atoms with E-state index in [1.807, 2.05) is 79.9 Å². The second-order valence-electron chi connectivity index (χ2n) is 12.0. The number of imidazole rings is 1. The van der Waals surface area contributed by atoms with Gasteiger partial charge < -0.3 is 9.13 Å². The minimum absolute atomic E-state index is 0.00329. The largest absolute Gasteiger partial charge is 0.306 e. The minimum Gasteiger partial charge on any atom is -0.306 e. The Morgan fingerprint density at radius 3 is 2.18 bits per heavy atom. The first-order valence-electron chi connectivity index (χ1n) is 13.0. The van der Waals surface area contributed by atoms with Crippen LogP contribution < -0.4 is 5.62 Å². The van der Waals surface area contributed by atoms with E-state index in [4.69, 9.17) is 5.41 Å². The normalized spacial score (nSPS) is 16.3. The van der Waals surface area contributed by atoms with Crippen LogP contribution in [0.4, 0.5) is 0 Å². The Balaban J connectivity index is 1.62. The summed E-state index contributed by atoms with van der Waals surface area (Å²) >= 11 is 0. The minimum atomic E-state index is -3.44. The summed E-state index contributed by atoms with van der Waals surface area (Å²) in [5.41, 5.74) is 4.12. The van der Waals surface area contributed by atoms with Gasteiger partial charge in [0.05, 0.1) is 34.8 Å². The van der Waals surface area contributed by atoms with Crippen LogP contribution in [-0.2, 0) is 33.8 Å². The molecule has 5 rings (SSSR count). The lowest BCUT2D eigenvalue weighted by Crippen LogP contribution is -2.34. The Morgan fingerprint density at radius 1 is 0.947 bits per heavy atom. The van der Waals surface area contributed by atoms with E-state index in [9.17, 15) is 13.2 Å². The second kappa shape index (κ2) is 9.09. The molecule has 1 aliphatic heterocycles. The molecule has 0 spiro atoms. The third kappa shape index (κ3) is 4.53. The number of benzene rings is 3. The van der Waals surface area contributed by atoms with Crippen molar-refractivity contribution in [2.24, 2.45) is 0 Å². The lowest BCUT2D eigenvalue weighted by Gasteiger charge is -2.36. The van der Waals surface area contributed by atoms with Crippen LogP contribution in [0.3, 0.4) is 0 Å². The first-order valence-corrected chi connectivity index (χ1v) is 14.7. The molecule has 0 radical (unpaired) electrons. The van der Waals surface area contributed by atoms with Gasteiger partial charge in [-0.25, -0.2) is 8.42 Å². The molecule has 1 N–H and O–H groups in total. The summed E-state index contributed by atoms with van der Waals surface area (Å²) < 4.78 is 30.1. The number of hydrogen-bond acceptors (Lipinski definition) is 4. The number of fused-ring (bicyclic) bond motifs is 2. The zero-order valence-corrected chi connectivity index (χ0v) is 23.5. The molecule has 0 saturated carbocycles. The molecule has 0 bridgehead atoms. The number of carbonyl (C=O) groups excluding carboxylic acids is 1. The van der Waals surface area contributed by atoms with Crippen molar-refractivity contribution in [3.05, 3.63) is 94.6 Å². The Morgan fingerprint density at radius 2 is 1.55 bits per heavy atom. The van der Waals surface area contributed by atoms with Gasteiger partial charge in [0, 0.05) is 5.56 Å². The molecule has 0 aliphatic carbocycles. The first kappa shape index (κ1) is 26.2. The second-order valence-corrected chi connectivity index (χ2v) is 14.0. The summed E-state index contributed by atoms with van der Waals surface area (Å²) in [5, 5.41) is 8.98. The molecule has 0 atom stereocenters. The number of rotatable bonds is 5. The summed E-state index contributed by atoms with van der Waals surface area (Å²) in [6.07, 6.45) is 0.516. The average Bonchev–Trinajstić information content (AvgIpc) is 3.12. The van der Waals surface area contributed by atoms with Crippen molar-refractivity contribution in [2.75, 3.05) is 5.75 Å². The van der Waals surface area contributed by atoms with Crippen molar-refractivity contribution in [3.8, 4) is 0 Å². The molecule has 3 aromatic carbocycles. The topological polar surface area (TPSA) is 84.9 Å². The molecule has 0 unspecified atom stereocenters. The van der Waals surface area contributed by atoms with E-state index in [1.54, 1.807) is 16.7 Å². The van der Waals surface area contributed by atoms with Crippen LogP contribution in [0.25, 0.3) is 11.0 Å². The van der Waals surface area contributed by atoms with Crippen LogP contribution in [0, 0.1) is 5.41 Å². The molecule has 6 nitrogen and oxygen atoms in total. The van der Waals surface area contributed by atoms with Crippen LogP contribution in [0.1, 0.15) is 68.1 Å². The number of sulfone groups is 1. The summed E-state index contributed by atoms with van der Waals surface area (Å²) in [6, 6.07) is 21.3. The van der Waals surface area contributed by atoms with Crippen molar-refractivity contribution >= 4 is 26.7 Å². The van der Waals surface area contributed by atoms with Crippen LogP contribution in [0.5, 0.6) is 0 Å². The third-order valence-corrected chi connectivity index (χ3v) is 9.52. The molecule has 198 valence electrons. The number of ketones is 1. The van der Waals surface area contributed by atoms with Crippen molar-refractivity contribution in [2.45, 2.75) is 69.9 Å². The van der Waals surface area contributed by atoms with Gasteiger partial charge >= 0.3 is 0 Å². The number of carbonyl (C=O) groups is 1. The van der Waals surface area contributed by atoms with Crippen molar-refractivity contribution < 1.29 is 13.2 Å². The predicted octanol–water partition coefficient (Wildman–Crippen LogP) is 5.61. The van der Waals surface area contributed by atoms with E-state index in [2.05, 4.69) is 13.8 Å². The maximum Gasteiger partial charge on any atom is 0.203 e. The zero-order valence-electron chi connectivity index (χ0n) is 22.7. The maximum absolute atomic E-state index is 13.9. The summed E-state index contributed by atoms with van der Waals surface area (Å²) in [4.78, 5) is 14.2. The lowest BCUT2D eigenvalue weighted by atomic mass is 9.76. The SMILES string of the molecule is CC(C)(C)c1cc(C(=O)Cn2c(=N)n(Cc3ccccc3)c3ccccc32)cc2c1S(=O)(=O)CCC2(C)C. The van der Waals surface area contributed by atoms with Gasteiger partial charge in [-0.05, 0) is 58.2 Å². The number of hydrogen-bond donors (Lipinski definition) is 1. The number of nitrogens with zero attached hydrogens (tertiary/aromatic N) is 2. The monoisotopic (exact) mass is 529 g/mol. The van der Waals surface area contributed by atoms with Crippen LogP contribution in [-0.4, -0.2) is 29.1 Å². The van der Waals surface area contributed by atoms with Crippen LogP contribution >= 0.6 is 0 Å². The maximum atomic E-state index is 13.9. The highest BCUT2D eigenvalue weighted by Crippen LogP contribution is 2.44. The Bertz CT molecular complexity index is 1700. The quantitative estimate of drug-likeness (QED) is 0.341. The molecule has 0 fully saturated rings. The number of aromatic nitrogens is 2. The molecule has 0 amide bonds. The fourth-order valence-corrected chi connectivity index (χ4v) is 7.78. The first-order chi connectivity index (χ1) is 17.8. The lowest BCUT2D eigenvalue weighted by molar-refractivity contribution is 0.0971. The Kier molecular flexibility index (Phi) is 6.26. The van der Waals surface area contributed by atoms with Crippen LogP contribution in [0.2, 0.25) is 0 Å². The van der Waals surface area contributed by atoms with Gasteiger partial charge in [0.25, 0.3) is 0 Å². The van der Waals surface area contributed by atoms with E-state index in [-0.39, 0.29) is 29.1 Å². The van der Waals surface area contributed by atoms with Gasteiger partial charge in [-0.3, -0.25) is 10.2 Å². The highest BCUT2D eigenvalue weighted by atomic mass is 32.2. The summed E-state index contributed by atoms with van der Waals surface area (Å²) in [7, 11) is -3.44. The molecule has 38 heavy (non-hydrogen) atoms. The van der Waals surface area contributed by atoms with E-state index >= 15 is 0 Å². The van der Waals surface area contributed by atoms with Crippen molar-refractivity contribution in [1.82, 2.24) is 9.13 Å². The molecule has 1 aliphatic rings. The fourth-order valence-electron chi connectivity index (χ4n) is 5.43. The van der Waals surface area contributed by atoms with Gasteiger partial charge in [-0.15, -0.1) is 0 Å². The number of nitrogens with one attached hydrogen (secondary N) is 1. The molecule has 1 aromatic heterocycles. The standard InChI is InChI=1S/C31H35N3O3S/c1-30(2,3)23-17-22(18-24-28(23)38(36,37)16-15-31(24,4)5)27(35)20-34-26-14-10-9-13-25(26)33(29(34)32)19-21-11-7-6-8-12-21/h6-14,17-18,32H,15-16,19-20H2,1-5H3. The Hall–Kier alpha value is -3.45. The number of Topliss-reactive ketones (excluding diaryl/α,β-unsaturated/α-hetero) is 1. The summed E-state index contributed by atoms with van der Waals surface area (Å²) in [5.74, 6) is -0.0271. The molecule has 0 saturated heterocycles. The highest BCUT2D eigenvalue weighted by Gasteiger charge is 2.40. The van der Waals surface area contributed by atoms with Gasteiger partial charge in [0.2, 0.25) is 5.62 Å². The number of para-hydroxylation sites is 2. The average molecular weight is 530 g/mol. The molecular formula is C31H35N3O3S. The van der Waals surface area contributed by atoms with Gasteiger partial charge in [0.1, 0.15) is 0 Å². The molecule has 7 heteroatoms. The predicted molar refractivity (Wildman–Crippen MR) is 150 cm³/mol. The fraction of sp³-hybridized carbons (Fsp3) is 0.355.